The number of carbonyl (C=O) groups excluding carboxylic acids is 2. The Hall–Kier alpha value is -1.47. The third kappa shape index (κ3) is 4.00. The maximum Gasteiger partial charge on any atom is 0.331 e. The highest BCUT2D eigenvalue weighted by atomic mass is 79.9. The molecule has 7 heteroatoms. The van der Waals surface area contributed by atoms with E-state index in [2.05, 4.69) is 26.0 Å². The van der Waals surface area contributed by atoms with Crippen LogP contribution in [-0.4, -0.2) is 36.2 Å². The fourth-order valence-corrected chi connectivity index (χ4v) is 1.74. The monoisotopic (exact) mass is 333 g/mol. The number of aliphatic hydroxyl groups excluding tert-OH is 1. The summed E-state index contributed by atoms with van der Waals surface area (Å²) in [4.78, 5) is 23.2. The minimum Gasteiger partial charge on any atom is -0.467 e. The average Bonchev–Trinajstić information content (AvgIpc) is 2.37. The van der Waals surface area contributed by atoms with Gasteiger partial charge in [0, 0.05) is 5.56 Å². The van der Waals surface area contributed by atoms with Crippen LogP contribution >= 0.6 is 15.9 Å². The Labute approximate surface area is 117 Å². The highest BCUT2D eigenvalue weighted by Gasteiger charge is 2.26. The second-order valence-electron chi connectivity index (χ2n) is 3.84. The molecule has 1 rings (SSSR count). The van der Waals surface area contributed by atoms with E-state index in [1.165, 1.54) is 19.1 Å². The molecule has 0 aliphatic carbocycles. The number of halogens is 2. The van der Waals surface area contributed by atoms with E-state index < -0.39 is 29.8 Å². The second kappa shape index (κ2) is 6.63. The number of methoxy groups -OCH3 is 1. The Balaban J connectivity index is 2.87. The first-order valence-electron chi connectivity index (χ1n) is 5.38. The quantitative estimate of drug-likeness (QED) is 0.813. The summed E-state index contributed by atoms with van der Waals surface area (Å²) in [5.74, 6) is -1.88. The number of esters is 1. The lowest BCUT2D eigenvalue weighted by Crippen LogP contribution is -2.48. The van der Waals surface area contributed by atoms with Gasteiger partial charge in [-0.2, -0.15) is 0 Å². The van der Waals surface area contributed by atoms with Crippen molar-refractivity contribution in [2.24, 2.45) is 0 Å². The zero-order valence-corrected chi connectivity index (χ0v) is 11.9. The zero-order chi connectivity index (χ0) is 14.6. The molecule has 0 bridgehead atoms. The van der Waals surface area contributed by atoms with Gasteiger partial charge in [-0.05, 0) is 41.1 Å². The maximum atomic E-state index is 13.0. The van der Waals surface area contributed by atoms with Crippen LogP contribution in [0.1, 0.15) is 17.3 Å². The molecule has 0 fully saturated rings. The Kier molecular flexibility index (Phi) is 5.44. The summed E-state index contributed by atoms with van der Waals surface area (Å²) in [6.07, 6.45) is -1.11. The molecule has 1 amide bonds. The van der Waals surface area contributed by atoms with Crippen LogP contribution < -0.4 is 5.32 Å². The molecular formula is C12H13BrFNO4. The first-order chi connectivity index (χ1) is 8.86. The normalized spacial score (nSPS) is 13.5. The van der Waals surface area contributed by atoms with E-state index in [0.717, 1.165) is 13.2 Å². The van der Waals surface area contributed by atoms with Crippen molar-refractivity contribution >= 4 is 27.8 Å². The van der Waals surface area contributed by atoms with Crippen molar-refractivity contribution in [2.75, 3.05) is 7.11 Å². The van der Waals surface area contributed by atoms with E-state index in [9.17, 15) is 19.1 Å². The molecule has 0 heterocycles. The minimum atomic E-state index is -1.18. The summed E-state index contributed by atoms with van der Waals surface area (Å²) >= 11 is 2.96. The van der Waals surface area contributed by atoms with E-state index in [1.807, 2.05) is 0 Å². The highest BCUT2D eigenvalue weighted by molar-refractivity contribution is 9.10. The van der Waals surface area contributed by atoms with Crippen LogP contribution in [0.4, 0.5) is 4.39 Å². The molecule has 0 radical (unpaired) electrons. The van der Waals surface area contributed by atoms with Gasteiger partial charge in [0.05, 0.1) is 17.7 Å². The van der Waals surface area contributed by atoms with Crippen molar-refractivity contribution < 1.29 is 23.8 Å². The molecule has 2 atom stereocenters. The minimum absolute atomic E-state index is 0.131. The van der Waals surface area contributed by atoms with Gasteiger partial charge in [0.2, 0.25) is 0 Å². The predicted octanol–water partition coefficient (Wildman–Crippen LogP) is 1.24. The Bertz CT molecular complexity index is 493. The number of carbonyl (C=O) groups is 2. The predicted molar refractivity (Wildman–Crippen MR) is 69.1 cm³/mol. The van der Waals surface area contributed by atoms with Crippen LogP contribution in [0.25, 0.3) is 0 Å². The largest absolute Gasteiger partial charge is 0.467 e. The lowest BCUT2D eigenvalue weighted by atomic mass is 10.1. The van der Waals surface area contributed by atoms with Crippen LogP contribution in [0.15, 0.2) is 22.7 Å². The maximum absolute atomic E-state index is 13.0. The molecule has 5 nitrogen and oxygen atoms in total. The number of amides is 1. The van der Waals surface area contributed by atoms with Crippen LogP contribution in [0, 0.1) is 5.82 Å². The number of hydrogen-bond donors (Lipinski definition) is 2. The molecule has 0 saturated heterocycles. The van der Waals surface area contributed by atoms with Gasteiger partial charge in [0.15, 0.2) is 6.04 Å². The summed E-state index contributed by atoms with van der Waals surface area (Å²) in [6.45, 7) is 1.35. The highest BCUT2D eigenvalue weighted by Crippen LogP contribution is 2.17. The fraction of sp³-hybridized carbons (Fsp3) is 0.333. The number of aliphatic hydroxyl groups is 1. The fourth-order valence-electron chi connectivity index (χ4n) is 1.37. The lowest BCUT2D eigenvalue weighted by molar-refractivity contribution is -0.145. The third-order valence-electron chi connectivity index (χ3n) is 2.41. The van der Waals surface area contributed by atoms with Gasteiger partial charge in [-0.25, -0.2) is 9.18 Å². The zero-order valence-electron chi connectivity index (χ0n) is 10.3. The van der Waals surface area contributed by atoms with Crippen LogP contribution in [-0.2, 0) is 9.53 Å². The lowest BCUT2D eigenvalue weighted by Gasteiger charge is -2.18. The van der Waals surface area contributed by atoms with Gasteiger partial charge in [0.25, 0.3) is 5.91 Å². The van der Waals surface area contributed by atoms with Gasteiger partial charge in [-0.3, -0.25) is 4.79 Å². The standard InChI is InChI=1S/C12H13BrFNO4/c1-6(16)10(12(18)19-2)15-11(17)7-3-4-9(14)8(13)5-7/h3-6,10,16H,1-2H3,(H,15,17)/t6-,10+/m1/s1. The van der Waals surface area contributed by atoms with Crippen LogP contribution in [0.2, 0.25) is 0 Å². The number of benzene rings is 1. The van der Waals surface area contributed by atoms with Gasteiger partial charge in [-0.1, -0.05) is 0 Å². The van der Waals surface area contributed by atoms with Gasteiger partial charge in [-0.15, -0.1) is 0 Å². The Morgan fingerprint density at radius 1 is 1.47 bits per heavy atom. The Morgan fingerprint density at radius 2 is 2.11 bits per heavy atom. The number of ether oxygens (including phenoxy) is 1. The molecule has 1 aromatic rings. The van der Waals surface area contributed by atoms with Crippen molar-refractivity contribution in [3.05, 3.63) is 34.1 Å². The van der Waals surface area contributed by atoms with Crippen molar-refractivity contribution in [1.82, 2.24) is 5.32 Å². The Morgan fingerprint density at radius 3 is 2.58 bits per heavy atom. The molecule has 0 aromatic heterocycles. The second-order valence-corrected chi connectivity index (χ2v) is 4.70. The van der Waals surface area contributed by atoms with Crippen LogP contribution in [0.5, 0.6) is 0 Å². The topological polar surface area (TPSA) is 75.6 Å². The first kappa shape index (κ1) is 15.6. The van der Waals surface area contributed by atoms with Crippen molar-refractivity contribution in [1.29, 1.82) is 0 Å². The van der Waals surface area contributed by atoms with Crippen molar-refractivity contribution in [3.8, 4) is 0 Å². The van der Waals surface area contributed by atoms with Gasteiger partial charge in [0.1, 0.15) is 5.82 Å². The molecule has 0 spiro atoms. The molecule has 19 heavy (non-hydrogen) atoms. The number of rotatable bonds is 4. The summed E-state index contributed by atoms with van der Waals surface area (Å²) in [7, 11) is 1.15. The van der Waals surface area contributed by atoms with E-state index >= 15 is 0 Å². The van der Waals surface area contributed by atoms with E-state index in [-0.39, 0.29) is 10.0 Å². The number of nitrogens with one attached hydrogen (secondary N) is 1. The summed E-state index contributed by atoms with van der Waals surface area (Å²) in [5, 5.41) is 11.7. The molecule has 0 aliphatic heterocycles. The molecule has 0 saturated carbocycles. The van der Waals surface area contributed by atoms with E-state index in [4.69, 9.17) is 0 Å². The van der Waals surface area contributed by atoms with Crippen molar-refractivity contribution in [3.63, 3.8) is 0 Å². The van der Waals surface area contributed by atoms with Gasteiger partial charge < -0.3 is 15.2 Å². The molecule has 0 unspecified atom stereocenters. The average molecular weight is 334 g/mol. The SMILES string of the molecule is COC(=O)[C@@H](NC(=O)c1ccc(F)c(Br)c1)[C@@H](C)O. The third-order valence-corrected chi connectivity index (χ3v) is 3.01. The van der Waals surface area contributed by atoms with E-state index in [1.54, 1.807) is 0 Å². The molecular weight excluding hydrogens is 321 g/mol. The molecule has 0 aliphatic rings. The smallest absolute Gasteiger partial charge is 0.331 e. The molecule has 104 valence electrons. The number of hydrogen-bond acceptors (Lipinski definition) is 4. The van der Waals surface area contributed by atoms with E-state index in [0.29, 0.717) is 0 Å². The van der Waals surface area contributed by atoms with Gasteiger partial charge >= 0.3 is 5.97 Å². The summed E-state index contributed by atoms with van der Waals surface area (Å²) in [5.41, 5.74) is 0.155. The summed E-state index contributed by atoms with van der Waals surface area (Å²) < 4.78 is 17.6. The molecule has 1 aromatic carbocycles. The van der Waals surface area contributed by atoms with Crippen LogP contribution in [0.3, 0.4) is 0 Å². The molecule has 2 N–H and O–H groups in total. The summed E-state index contributed by atoms with van der Waals surface area (Å²) in [6, 6.07) is 2.49. The van der Waals surface area contributed by atoms with Crippen molar-refractivity contribution in [2.45, 2.75) is 19.1 Å². The first-order valence-corrected chi connectivity index (χ1v) is 6.18.